The van der Waals surface area contributed by atoms with Gasteiger partial charge in [0.05, 0.1) is 5.69 Å². The Morgan fingerprint density at radius 1 is 1.41 bits per heavy atom. The minimum Gasteiger partial charge on any atom is -0.396 e. The van der Waals surface area contributed by atoms with Crippen LogP contribution in [-0.2, 0) is 0 Å². The Kier molecular flexibility index (Phi) is 5.91. The van der Waals surface area contributed by atoms with E-state index in [0.29, 0.717) is 10.9 Å². The van der Waals surface area contributed by atoms with E-state index in [1.165, 1.54) is 42.5 Å². The summed E-state index contributed by atoms with van der Waals surface area (Å²) in [5, 5.41) is 4.52. The average Bonchev–Trinajstić information content (AvgIpc) is 2.97. The summed E-state index contributed by atoms with van der Waals surface area (Å²) in [6, 6.07) is 4.17. The van der Waals surface area contributed by atoms with Gasteiger partial charge in [-0.2, -0.15) is 5.10 Å². The molecule has 0 atom stereocenters. The number of nitrogens with one attached hydrogen (secondary N) is 2. The molecule has 2 aromatic rings. The fraction of sp³-hybridized carbons (Fsp3) is 0.391. The number of carbonyl (C=O) groups excluding carboxylic acids is 1. The van der Waals surface area contributed by atoms with Crippen LogP contribution < -0.4 is 11.2 Å². The predicted octanol–water partition coefficient (Wildman–Crippen LogP) is 5.47. The number of halogens is 1. The molecule has 1 aliphatic carbocycles. The van der Waals surface area contributed by atoms with Gasteiger partial charge in [0.1, 0.15) is 11.5 Å². The number of hydrazone groups is 1. The Bertz CT molecular complexity index is 1030. The molecule has 6 heteroatoms. The molecule has 0 spiro atoms. The van der Waals surface area contributed by atoms with Crippen LogP contribution in [0.15, 0.2) is 46.1 Å². The average molecular weight is 397 g/mol. The number of rotatable bonds is 5. The number of benzene rings is 1. The van der Waals surface area contributed by atoms with Gasteiger partial charge in [-0.25, -0.2) is 9.82 Å². The molecule has 154 valence electrons. The highest BCUT2D eigenvalue weighted by molar-refractivity contribution is 6.07. The van der Waals surface area contributed by atoms with Crippen LogP contribution in [0.1, 0.15) is 63.9 Å². The molecule has 1 aromatic heterocycles. The Hall–Kier alpha value is -2.89. The lowest BCUT2D eigenvalue weighted by Crippen LogP contribution is -2.20. The summed E-state index contributed by atoms with van der Waals surface area (Å²) < 4.78 is 13.4. The third kappa shape index (κ3) is 4.58. The van der Waals surface area contributed by atoms with E-state index < -0.39 is 11.7 Å². The van der Waals surface area contributed by atoms with Gasteiger partial charge < -0.3 is 10.7 Å². The Labute approximate surface area is 170 Å². The molecule has 29 heavy (non-hydrogen) atoms. The Balaban J connectivity index is 1.65. The monoisotopic (exact) mass is 396 g/mol. The number of hydrogen-bond acceptors (Lipinski definition) is 3. The van der Waals surface area contributed by atoms with E-state index in [9.17, 15) is 9.18 Å². The van der Waals surface area contributed by atoms with Gasteiger partial charge in [0.15, 0.2) is 0 Å². The predicted molar refractivity (Wildman–Crippen MR) is 117 cm³/mol. The fourth-order valence-electron chi connectivity index (χ4n) is 4.05. The number of nitrogens with two attached hydrogens (primary N) is 1. The van der Waals surface area contributed by atoms with Gasteiger partial charge in [0.25, 0.3) is 5.91 Å². The molecule has 5 nitrogen and oxygen atoms in total. The molecule has 3 rings (SSSR count). The third-order valence-electron chi connectivity index (χ3n) is 5.78. The van der Waals surface area contributed by atoms with Crippen molar-refractivity contribution >= 4 is 28.7 Å². The standard InChI is InChI=1S/C23H29FN4O/c1-14(7-9-18-15(2)6-5-11-23(18,3)4)13-26-28-22(29)21-20(25)17-12-16(24)8-10-19(17)27-21/h7-8,10,12-13,27H,5-6,9,11,25H2,1-4H3,(H,28,29). The number of aromatic amines is 1. The zero-order valence-corrected chi connectivity index (χ0v) is 17.5. The van der Waals surface area contributed by atoms with Crippen molar-refractivity contribution in [2.24, 2.45) is 10.5 Å². The molecule has 1 aliphatic rings. The molecule has 0 fully saturated rings. The van der Waals surface area contributed by atoms with Crippen molar-refractivity contribution in [3.05, 3.63) is 52.5 Å². The maximum atomic E-state index is 13.4. The molecule has 1 heterocycles. The molecule has 0 bridgehead atoms. The number of carbonyl (C=O) groups is 1. The van der Waals surface area contributed by atoms with E-state index in [-0.39, 0.29) is 16.8 Å². The van der Waals surface area contributed by atoms with E-state index in [2.05, 4.69) is 42.4 Å². The number of allylic oxidation sites excluding steroid dienone is 4. The summed E-state index contributed by atoms with van der Waals surface area (Å²) in [5.41, 5.74) is 13.6. The zero-order chi connectivity index (χ0) is 21.2. The summed E-state index contributed by atoms with van der Waals surface area (Å²) in [6.07, 6.45) is 8.30. The highest BCUT2D eigenvalue weighted by Gasteiger charge is 2.27. The molecule has 0 aliphatic heterocycles. The SMILES string of the molecule is CC(C=NNC(=O)c1[nH]c2ccc(F)cc2c1N)=CCC1=C(C)CCCC1(C)C. The minimum atomic E-state index is -0.463. The van der Waals surface area contributed by atoms with Crippen molar-refractivity contribution in [2.45, 2.75) is 53.4 Å². The summed E-state index contributed by atoms with van der Waals surface area (Å²) in [5.74, 6) is -0.865. The van der Waals surface area contributed by atoms with Crippen LogP contribution in [0.2, 0.25) is 0 Å². The maximum Gasteiger partial charge on any atom is 0.289 e. The van der Waals surface area contributed by atoms with Gasteiger partial charge in [0, 0.05) is 17.1 Å². The molecule has 0 unspecified atom stereocenters. The lowest BCUT2D eigenvalue weighted by molar-refractivity contribution is 0.0952. The van der Waals surface area contributed by atoms with Crippen molar-refractivity contribution in [1.82, 2.24) is 10.4 Å². The molecule has 0 saturated heterocycles. The van der Waals surface area contributed by atoms with Crippen LogP contribution in [0.4, 0.5) is 10.1 Å². The molecule has 1 amide bonds. The molecular weight excluding hydrogens is 367 g/mol. The van der Waals surface area contributed by atoms with E-state index in [1.54, 1.807) is 12.3 Å². The zero-order valence-electron chi connectivity index (χ0n) is 17.5. The first-order valence-electron chi connectivity index (χ1n) is 9.95. The van der Waals surface area contributed by atoms with Crippen LogP contribution in [0.5, 0.6) is 0 Å². The Morgan fingerprint density at radius 2 is 2.17 bits per heavy atom. The van der Waals surface area contributed by atoms with Crippen molar-refractivity contribution in [3.8, 4) is 0 Å². The number of aromatic nitrogens is 1. The van der Waals surface area contributed by atoms with Crippen molar-refractivity contribution in [1.29, 1.82) is 0 Å². The first-order valence-corrected chi connectivity index (χ1v) is 9.95. The fourth-order valence-corrected chi connectivity index (χ4v) is 4.05. The normalized spacial score (nSPS) is 17.3. The minimum absolute atomic E-state index is 0.175. The van der Waals surface area contributed by atoms with Gasteiger partial charge >= 0.3 is 0 Å². The topological polar surface area (TPSA) is 83.3 Å². The summed E-state index contributed by atoms with van der Waals surface area (Å²) in [6.45, 7) is 8.80. The van der Waals surface area contributed by atoms with Crippen LogP contribution in [0.3, 0.4) is 0 Å². The number of amides is 1. The van der Waals surface area contributed by atoms with Crippen LogP contribution in [0.25, 0.3) is 10.9 Å². The number of fused-ring (bicyclic) bond motifs is 1. The van der Waals surface area contributed by atoms with Gasteiger partial charge in [-0.1, -0.05) is 31.1 Å². The number of anilines is 1. The molecular formula is C23H29FN4O. The Morgan fingerprint density at radius 3 is 2.90 bits per heavy atom. The summed E-state index contributed by atoms with van der Waals surface area (Å²) >= 11 is 0. The van der Waals surface area contributed by atoms with E-state index in [1.807, 2.05) is 6.92 Å². The quantitative estimate of drug-likeness (QED) is 0.356. The largest absolute Gasteiger partial charge is 0.396 e. The van der Waals surface area contributed by atoms with E-state index in [4.69, 9.17) is 5.73 Å². The van der Waals surface area contributed by atoms with Gasteiger partial charge in [-0.3, -0.25) is 4.79 Å². The number of H-pyrrole nitrogens is 1. The van der Waals surface area contributed by atoms with Crippen LogP contribution in [-0.4, -0.2) is 17.1 Å². The van der Waals surface area contributed by atoms with Crippen molar-refractivity contribution in [3.63, 3.8) is 0 Å². The lowest BCUT2D eigenvalue weighted by Gasteiger charge is -2.34. The molecule has 0 saturated carbocycles. The molecule has 0 radical (unpaired) electrons. The second kappa shape index (κ2) is 8.23. The molecule has 1 aromatic carbocycles. The van der Waals surface area contributed by atoms with Crippen LogP contribution >= 0.6 is 0 Å². The highest BCUT2D eigenvalue weighted by Crippen LogP contribution is 2.41. The van der Waals surface area contributed by atoms with Crippen molar-refractivity contribution in [2.75, 3.05) is 5.73 Å². The number of hydrogen-bond donors (Lipinski definition) is 3. The smallest absolute Gasteiger partial charge is 0.289 e. The van der Waals surface area contributed by atoms with Gasteiger partial charge in [0.2, 0.25) is 0 Å². The second-order valence-corrected chi connectivity index (χ2v) is 8.45. The van der Waals surface area contributed by atoms with E-state index in [0.717, 1.165) is 12.0 Å². The maximum absolute atomic E-state index is 13.4. The number of nitrogens with zero attached hydrogens (tertiary/aromatic N) is 1. The second-order valence-electron chi connectivity index (χ2n) is 8.45. The first-order chi connectivity index (χ1) is 13.7. The third-order valence-corrected chi connectivity index (χ3v) is 5.78. The summed E-state index contributed by atoms with van der Waals surface area (Å²) in [7, 11) is 0. The molecule has 4 N–H and O–H groups in total. The lowest BCUT2D eigenvalue weighted by atomic mass is 9.71. The van der Waals surface area contributed by atoms with Crippen molar-refractivity contribution < 1.29 is 9.18 Å². The first kappa shape index (κ1) is 20.8. The van der Waals surface area contributed by atoms with Gasteiger partial charge in [-0.05, 0) is 68.7 Å². The summed E-state index contributed by atoms with van der Waals surface area (Å²) in [4.78, 5) is 15.3. The highest BCUT2D eigenvalue weighted by atomic mass is 19.1. The number of nitrogen functional groups attached to an aromatic ring is 1. The van der Waals surface area contributed by atoms with Crippen LogP contribution in [0, 0.1) is 11.2 Å². The van der Waals surface area contributed by atoms with E-state index >= 15 is 0 Å². The van der Waals surface area contributed by atoms with Gasteiger partial charge in [-0.15, -0.1) is 0 Å².